The van der Waals surface area contributed by atoms with Crippen molar-refractivity contribution in [1.82, 2.24) is 25.2 Å². The van der Waals surface area contributed by atoms with E-state index in [1.165, 1.54) is 0 Å². The molecule has 0 saturated carbocycles. The van der Waals surface area contributed by atoms with Crippen LogP contribution in [0.2, 0.25) is 0 Å². The SMILES string of the molecule is Cc1nnc(Cn2cc(CCN)nn2)o1. The van der Waals surface area contributed by atoms with Gasteiger partial charge in [0, 0.05) is 19.5 Å². The predicted molar refractivity (Wildman–Crippen MR) is 50.9 cm³/mol. The first kappa shape index (κ1) is 9.78. The van der Waals surface area contributed by atoms with E-state index in [1.807, 2.05) is 6.20 Å². The highest BCUT2D eigenvalue weighted by Crippen LogP contribution is 2.01. The molecule has 0 aromatic carbocycles. The van der Waals surface area contributed by atoms with Crippen molar-refractivity contribution >= 4 is 0 Å². The number of hydrogen-bond donors (Lipinski definition) is 1. The molecule has 0 radical (unpaired) electrons. The van der Waals surface area contributed by atoms with Crippen molar-refractivity contribution < 1.29 is 4.42 Å². The van der Waals surface area contributed by atoms with Crippen molar-refractivity contribution in [2.24, 2.45) is 5.73 Å². The standard InChI is InChI=1S/C8H12N6O/c1-6-10-12-8(15-6)5-14-4-7(2-3-9)11-13-14/h4H,2-3,5,9H2,1H3. The molecule has 0 spiro atoms. The first-order valence-electron chi connectivity index (χ1n) is 4.66. The van der Waals surface area contributed by atoms with Crippen molar-refractivity contribution in [2.75, 3.05) is 6.54 Å². The van der Waals surface area contributed by atoms with Crippen molar-refractivity contribution in [2.45, 2.75) is 19.9 Å². The number of hydrogen-bond acceptors (Lipinski definition) is 6. The van der Waals surface area contributed by atoms with Crippen molar-refractivity contribution in [1.29, 1.82) is 0 Å². The van der Waals surface area contributed by atoms with Crippen LogP contribution in [0.15, 0.2) is 10.6 Å². The summed E-state index contributed by atoms with van der Waals surface area (Å²) in [6.45, 7) is 2.76. The third-order valence-corrected chi connectivity index (χ3v) is 1.85. The minimum absolute atomic E-state index is 0.443. The molecule has 0 aliphatic carbocycles. The fourth-order valence-corrected chi connectivity index (χ4v) is 1.22. The summed E-state index contributed by atoms with van der Waals surface area (Å²) in [6, 6.07) is 0. The van der Waals surface area contributed by atoms with Gasteiger partial charge in [-0.2, -0.15) is 0 Å². The second-order valence-corrected chi connectivity index (χ2v) is 3.16. The Kier molecular flexibility index (Phi) is 2.72. The minimum Gasteiger partial charge on any atom is -0.424 e. The van der Waals surface area contributed by atoms with Gasteiger partial charge in [-0.3, -0.25) is 0 Å². The highest BCUT2D eigenvalue weighted by Gasteiger charge is 2.05. The summed E-state index contributed by atoms with van der Waals surface area (Å²) in [5, 5.41) is 15.5. The smallest absolute Gasteiger partial charge is 0.237 e. The van der Waals surface area contributed by atoms with E-state index >= 15 is 0 Å². The topological polar surface area (TPSA) is 95.7 Å². The fraction of sp³-hybridized carbons (Fsp3) is 0.500. The molecule has 0 atom stereocenters. The molecule has 0 saturated heterocycles. The number of aromatic nitrogens is 5. The Bertz CT molecular complexity index is 434. The summed E-state index contributed by atoms with van der Waals surface area (Å²) in [5.41, 5.74) is 6.28. The lowest BCUT2D eigenvalue weighted by Gasteiger charge is -1.92. The normalized spacial score (nSPS) is 10.8. The largest absolute Gasteiger partial charge is 0.424 e. The quantitative estimate of drug-likeness (QED) is 0.729. The van der Waals surface area contributed by atoms with Crippen LogP contribution in [0.4, 0.5) is 0 Å². The molecule has 15 heavy (non-hydrogen) atoms. The predicted octanol–water partition coefficient (Wildman–Crippen LogP) is -0.481. The lowest BCUT2D eigenvalue weighted by molar-refractivity contribution is 0.441. The average molecular weight is 208 g/mol. The summed E-state index contributed by atoms with van der Waals surface area (Å²) in [6.07, 6.45) is 2.55. The monoisotopic (exact) mass is 208 g/mol. The Balaban J connectivity index is 2.04. The maximum absolute atomic E-state index is 5.41. The van der Waals surface area contributed by atoms with Crippen molar-refractivity contribution in [3.05, 3.63) is 23.7 Å². The Morgan fingerprint density at radius 1 is 1.40 bits per heavy atom. The van der Waals surface area contributed by atoms with Crippen LogP contribution in [0, 0.1) is 6.92 Å². The molecule has 2 aromatic rings. The van der Waals surface area contributed by atoms with E-state index in [0.717, 1.165) is 12.1 Å². The lowest BCUT2D eigenvalue weighted by Crippen LogP contribution is -2.03. The second-order valence-electron chi connectivity index (χ2n) is 3.16. The molecule has 80 valence electrons. The van der Waals surface area contributed by atoms with Gasteiger partial charge in [0.15, 0.2) is 0 Å². The van der Waals surface area contributed by atoms with Gasteiger partial charge in [-0.1, -0.05) is 5.21 Å². The summed E-state index contributed by atoms with van der Waals surface area (Å²) in [7, 11) is 0. The maximum Gasteiger partial charge on any atom is 0.237 e. The van der Waals surface area contributed by atoms with Crippen LogP contribution in [-0.2, 0) is 13.0 Å². The zero-order valence-corrected chi connectivity index (χ0v) is 8.42. The number of rotatable bonds is 4. The molecular formula is C8H12N6O. The molecule has 2 aromatic heterocycles. The van der Waals surface area contributed by atoms with E-state index < -0.39 is 0 Å². The average Bonchev–Trinajstić information content (AvgIpc) is 2.78. The van der Waals surface area contributed by atoms with Crippen LogP contribution >= 0.6 is 0 Å². The van der Waals surface area contributed by atoms with E-state index in [9.17, 15) is 0 Å². The van der Waals surface area contributed by atoms with Crippen LogP contribution in [0.5, 0.6) is 0 Å². The molecular weight excluding hydrogens is 196 g/mol. The molecule has 0 unspecified atom stereocenters. The molecule has 0 amide bonds. The first-order chi connectivity index (χ1) is 7.28. The number of nitrogens with zero attached hydrogens (tertiary/aromatic N) is 5. The van der Waals surface area contributed by atoms with Crippen LogP contribution in [0.1, 0.15) is 17.5 Å². The van der Waals surface area contributed by atoms with Gasteiger partial charge in [-0.05, 0) is 6.54 Å². The molecule has 2 N–H and O–H groups in total. The summed E-state index contributed by atoms with van der Waals surface area (Å²) < 4.78 is 6.87. The van der Waals surface area contributed by atoms with Gasteiger partial charge in [0.2, 0.25) is 11.8 Å². The van der Waals surface area contributed by atoms with Gasteiger partial charge in [0.05, 0.1) is 5.69 Å². The third-order valence-electron chi connectivity index (χ3n) is 1.85. The lowest BCUT2D eigenvalue weighted by atomic mass is 10.3. The molecule has 0 fully saturated rings. The van der Waals surface area contributed by atoms with E-state index in [0.29, 0.717) is 24.9 Å². The van der Waals surface area contributed by atoms with E-state index in [-0.39, 0.29) is 0 Å². The van der Waals surface area contributed by atoms with Gasteiger partial charge < -0.3 is 10.2 Å². The third kappa shape index (κ3) is 2.38. The van der Waals surface area contributed by atoms with Crippen LogP contribution in [0.3, 0.4) is 0 Å². The molecule has 7 heteroatoms. The number of aryl methyl sites for hydroxylation is 1. The van der Waals surface area contributed by atoms with E-state index in [2.05, 4.69) is 20.5 Å². The second kappa shape index (κ2) is 4.18. The maximum atomic E-state index is 5.41. The van der Waals surface area contributed by atoms with Gasteiger partial charge >= 0.3 is 0 Å². The van der Waals surface area contributed by atoms with Crippen molar-refractivity contribution in [3.63, 3.8) is 0 Å². The van der Waals surface area contributed by atoms with Gasteiger partial charge in [0.1, 0.15) is 6.54 Å². The van der Waals surface area contributed by atoms with Crippen LogP contribution in [0.25, 0.3) is 0 Å². The zero-order chi connectivity index (χ0) is 10.7. The van der Waals surface area contributed by atoms with Gasteiger partial charge in [-0.25, -0.2) is 4.68 Å². The highest BCUT2D eigenvalue weighted by molar-refractivity contribution is 4.94. The Morgan fingerprint density at radius 3 is 2.93 bits per heavy atom. The molecule has 2 heterocycles. The Labute approximate surface area is 86.3 Å². The molecule has 0 aliphatic rings. The first-order valence-corrected chi connectivity index (χ1v) is 4.66. The summed E-state index contributed by atoms with van der Waals surface area (Å²) >= 11 is 0. The van der Waals surface area contributed by atoms with Gasteiger partial charge in [0.25, 0.3) is 0 Å². The molecule has 7 nitrogen and oxygen atoms in total. The minimum atomic E-state index is 0.443. The van der Waals surface area contributed by atoms with Crippen LogP contribution in [-0.4, -0.2) is 31.7 Å². The van der Waals surface area contributed by atoms with Gasteiger partial charge in [-0.15, -0.1) is 15.3 Å². The molecule has 2 rings (SSSR count). The summed E-state index contributed by atoms with van der Waals surface area (Å²) in [4.78, 5) is 0. The highest BCUT2D eigenvalue weighted by atomic mass is 16.4. The zero-order valence-electron chi connectivity index (χ0n) is 8.42. The Morgan fingerprint density at radius 2 is 2.27 bits per heavy atom. The van der Waals surface area contributed by atoms with E-state index in [4.69, 9.17) is 10.2 Å². The molecule has 0 aliphatic heterocycles. The van der Waals surface area contributed by atoms with Crippen molar-refractivity contribution in [3.8, 4) is 0 Å². The number of nitrogens with two attached hydrogens (primary N) is 1. The molecule has 0 bridgehead atoms. The van der Waals surface area contributed by atoms with E-state index in [1.54, 1.807) is 11.6 Å². The summed E-state index contributed by atoms with van der Waals surface area (Å²) in [5.74, 6) is 1.07. The Hall–Kier alpha value is -1.76. The fourth-order valence-electron chi connectivity index (χ4n) is 1.22. The van der Waals surface area contributed by atoms with Crippen LogP contribution < -0.4 is 5.73 Å².